The SMILES string of the molecule is CC(C)C(N)CCCc1ccc(OCCN2CCN(CCCN3c4ccccc4Sc4ccc(Cl)cc43)CC2)cc1.Cl.Cl.Cl. The van der Waals surface area contributed by atoms with Crippen molar-refractivity contribution in [2.24, 2.45) is 11.7 Å². The molecule has 10 heteroatoms. The summed E-state index contributed by atoms with van der Waals surface area (Å²) in [7, 11) is 0. The topological polar surface area (TPSA) is 45.0 Å². The number of rotatable bonds is 13. The molecule has 0 aliphatic carbocycles. The fourth-order valence-corrected chi connectivity index (χ4v) is 6.89. The van der Waals surface area contributed by atoms with Crippen molar-refractivity contribution in [1.29, 1.82) is 0 Å². The first-order valence-electron chi connectivity index (χ1n) is 15.2. The molecule has 2 aliphatic heterocycles. The van der Waals surface area contributed by atoms with Crippen molar-refractivity contribution in [3.63, 3.8) is 0 Å². The molecule has 0 saturated carbocycles. The predicted octanol–water partition coefficient (Wildman–Crippen LogP) is 8.60. The van der Waals surface area contributed by atoms with Crippen LogP contribution in [0.1, 0.15) is 38.7 Å². The van der Waals surface area contributed by atoms with Crippen molar-refractivity contribution in [3.05, 3.63) is 77.3 Å². The number of nitrogens with zero attached hydrogens (tertiary/aromatic N) is 3. The molecule has 1 fully saturated rings. The highest BCUT2D eigenvalue weighted by Crippen LogP contribution is 2.48. The van der Waals surface area contributed by atoms with Crippen LogP contribution in [0.25, 0.3) is 0 Å². The first-order chi connectivity index (χ1) is 20.0. The maximum Gasteiger partial charge on any atom is 0.119 e. The molecule has 1 unspecified atom stereocenters. The molecule has 5 rings (SSSR count). The standard InChI is InChI=1S/C34H45ClN4OS.3ClH/c1-26(2)30(36)8-5-7-27-11-14-29(15-12-27)40-24-23-38-21-19-37(20-22-38)17-6-18-39-31-9-3-4-10-33(31)41-34-16-13-28(35)25-32(34)39;;;/h3-4,9-16,25-26,30H,5-8,17-24,36H2,1-2H3;3*1H. The molecule has 3 aromatic rings. The monoisotopic (exact) mass is 700 g/mol. The summed E-state index contributed by atoms with van der Waals surface area (Å²) in [6.45, 7) is 12.6. The van der Waals surface area contributed by atoms with Crippen LogP contribution in [-0.4, -0.2) is 68.3 Å². The van der Waals surface area contributed by atoms with E-state index in [1.54, 1.807) is 0 Å². The van der Waals surface area contributed by atoms with Gasteiger partial charge in [0.05, 0.1) is 11.4 Å². The van der Waals surface area contributed by atoms with E-state index in [1.165, 1.54) is 26.7 Å². The number of hydrogen-bond acceptors (Lipinski definition) is 6. The molecule has 2 aliphatic rings. The Hall–Kier alpha value is -1.35. The van der Waals surface area contributed by atoms with E-state index in [0.29, 0.717) is 12.0 Å². The zero-order valence-corrected chi connectivity index (χ0v) is 29.9. The lowest BCUT2D eigenvalue weighted by molar-refractivity contribution is 0.116. The number of piperazine rings is 1. The van der Waals surface area contributed by atoms with Gasteiger partial charge in [0.2, 0.25) is 0 Å². The zero-order chi connectivity index (χ0) is 28.6. The summed E-state index contributed by atoms with van der Waals surface area (Å²) >= 11 is 8.22. The van der Waals surface area contributed by atoms with Gasteiger partial charge in [-0.3, -0.25) is 4.90 Å². The fourth-order valence-electron chi connectivity index (χ4n) is 5.65. The fraction of sp³-hybridized carbons (Fsp3) is 0.471. The highest BCUT2D eigenvalue weighted by atomic mass is 35.5. The molecule has 5 nitrogen and oxygen atoms in total. The van der Waals surface area contributed by atoms with Gasteiger partial charge in [-0.1, -0.05) is 61.5 Å². The minimum absolute atomic E-state index is 0. The predicted molar refractivity (Wildman–Crippen MR) is 196 cm³/mol. The van der Waals surface area contributed by atoms with E-state index >= 15 is 0 Å². The highest BCUT2D eigenvalue weighted by Gasteiger charge is 2.24. The van der Waals surface area contributed by atoms with E-state index in [-0.39, 0.29) is 37.2 Å². The lowest BCUT2D eigenvalue weighted by Crippen LogP contribution is -2.47. The van der Waals surface area contributed by atoms with Gasteiger partial charge < -0.3 is 20.3 Å². The molecule has 0 amide bonds. The quantitative estimate of drug-likeness (QED) is 0.193. The second-order valence-electron chi connectivity index (χ2n) is 11.7. The Labute approximate surface area is 292 Å². The van der Waals surface area contributed by atoms with Crippen LogP contribution < -0.4 is 15.4 Å². The molecule has 0 spiro atoms. The van der Waals surface area contributed by atoms with Crippen molar-refractivity contribution in [3.8, 4) is 5.75 Å². The summed E-state index contributed by atoms with van der Waals surface area (Å²) in [5.74, 6) is 1.52. The summed E-state index contributed by atoms with van der Waals surface area (Å²) in [5.41, 5.74) is 10.1. The largest absolute Gasteiger partial charge is 0.492 e. The van der Waals surface area contributed by atoms with E-state index in [0.717, 1.165) is 88.9 Å². The Morgan fingerprint density at radius 1 is 0.795 bits per heavy atom. The third-order valence-corrected chi connectivity index (χ3v) is 9.73. The van der Waals surface area contributed by atoms with Gasteiger partial charge in [-0.25, -0.2) is 0 Å². The number of hydrogen-bond donors (Lipinski definition) is 1. The summed E-state index contributed by atoms with van der Waals surface area (Å²) in [6, 6.07) is 23.9. The van der Waals surface area contributed by atoms with Crippen molar-refractivity contribution in [1.82, 2.24) is 9.80 Å². The molecule has 244 valence electrons. The van der Waals surface area contributed by atoms with Gasteiger partial charge in [0.15, 0.2) is 0 Å². The zero-order valence-electron chi connectivity index (χ0n) is 25.8. The summed E-state index contributed by atoms with van der Waals surface area (Å²) in [5, 5.41) is 0.795. The average Bonchev–Trinajstić information content (AvgIpc) is 2.98. The van der Waals surface area contributed by atoms with E-state index in [1.807, 2.05) is 17.8 Å². The van der Waals surface area contributed by atoms with Crippen LogP contribution in [-0.2, 0) is 6.42 Å². The number of nitrogens with two attached hydrogens (primary N) is 1. The van der Waals surface area contributed by atoms with Gasteiger partial charge >= 0.3 is 0 Å². The van der Waals surface area contributed by atoms with E-state index in [4.69, 9.17) is 22.1 Å². The minimum Gasteiger partial charge on any atom is -0.492 e. The van der Waals surface area contributed by atoms with Crippen LogP contribution in [0, 0.1) is 5.92 Å². The Bertz CT molecular complexity index is 1260. The Morgan fingerprint density at radius 2 is 1.45 bits per heavy atom. The molecular weight excluding hydrogens is 654 g/mol. The summed E-state index contributed by atoms with van der Waals surface area (Å²) in [6.07, 6.45) is 4.42. The van der Waals surface area contributed by atoms with Crippen LogP contribution >= 0.6 is 60.6 Å². The smallest absolute Gasteiger partial charge is 0.119 e. The first kappa shape index (κ1) is 38.8. The van der Waals surface area contributed by atoms with E-state index < -0.39 is 0 Å². The molecule has 0 aromatic heterocycles. The van der Waals surface area contributed by atoms with Crippen molar-refractivity contribution in [2.75, 3.05) is 57.3 Å². The number of ether oxygens (including phenoxy) is 1. The summed E-state index contributed by atoms with van der Waals surface area (Å²) < 4.78 is 6.07. The number of fused-ring (bicyclic) bond motifs is 2. The van der Waals surface area contributed by atoms with Crippen LogP contribution in [0.5, 0.6) is 5.75 Å². The lowest BCUT2D eigenvalue weighted by Gasteiger charge is -2.36. The number of anilines is 2. The number of halogens is 4. The Kier molecular flexibility index (Phi) is 17.1. The number of aryl methyl sites for hydroxylation is 1. The van der Waals surface area contributed by atoms with Gasteiger partial charge in [-0.15, -0.1) is 37.2 Å². The Morgan fingerprint density at radius 3 is 2.16 bits per heavy atom. The third kappa shape index (κ3) is 10.9. The second-order valence-corrected chi connectivity index (χ2v) is 13.2. The summed E-state index contributed by atoms with van der Waals surface area (Å²) in [4.78, 5) is 10.2. The van der Waals surface area contributed by atoms with Crippen LogP contribution in [0.3, 0.4) is 0 Å². The second kappa shape index (κ2) is 19.3. The molecule has 3 aromatic carbocycles. The maximum atomic E-state index is 6.39. The molecule has 0 radical (unpaired) electrons. The number of benzene rings is 3. The van der Waals surface area contributed by atoms with Crippen molar-refractivity contribution in [2.45, 2.75) is 55.4 Å². The highest BCUT2D eigenvalue weighted by molar-refractivity contribution is 7.99. The molecule has 1 saturated heterocycles. The first-order valence-corrected chi connectivity index (χ1v) is 16.4. The van der Waals surface area contributed by atoms with Crippen LogP contribution in [0.4, 0.5) is 11.4 Å². The van der Waals surface area contributed by atoms with Gasteiger partial charge in [-0.2, -0.15) is 0 Å². The van der Waals surface area contributed by atoms with Crippen LogP contribution in [0.2, 0.25) is 5.02 Å². The third-order valence-electron chi connectivity index (χ3n) is 8.37. The van der Waals surface area contributed by atoms with Crippen molar-refractivity contribution >= 4 is 72.0 Å². The van der Waals surface area contributed by atoms with Crippen LogP contribution in [0.15, 0.2) is 76.5 Å². The molecule has 2 N–H and O–H groups in total. The van der Waals surface area contributed by atoms with E-state index in [9.17, 15) is 0 Å². The maximum absolute atomic E-state index is 6.39. The number of para-hydroxylation sites is 1. The average molecular weight is 703 g/mol. The van der Waals surface area contributed by atoms with E-state index in [2.05, 4.69) is 89.2 Å². The van der Waals surface area contributed by atoms with Gasteiger partial charge in [0.25, 0.3) is 0 Å². The molecule has 44 heavy (non-hydrogen) atoms. The van der Waals surface area contributed by atoms with Crippen molar-refractivity contribution < 1.29 is 4.74 Å². The minimum atomic E-state index is 0. The Balaban J connectivity index is 0.00000225. The van der Waals surface area contributed by atoms with Gasteiger partial charge in [-0.05, 0) is 86.2 Å². The lowest BCUT2D eigenvalue weighted by atomic mass is 9.98. The van der Waals surface area contributed by atoms with Gasteiger partial charge in [0, 0.05) is 60.1 Å². The molecule has 1 atom stereocenters. The molecular formula is C34H48Cl4N4OS. The normalized spacial score (nSPS) is 15.3. The molecule has 2 heterocycles. The molecule has 0 bridgehead atoms. The van der Waals surface area contributed by atoms with Gasteiger partial charge in [0.1, 0.15) is 12.4 Å².